The second-order valence-corrected chi connectivity index (χ2v) is 7.06. The molecule has 114 valence electrons. The molecule has 1 rings (SSSR count). The predicted octanol–water partition coefficient (Wildman–Crippen LogP) is 5.64. The molecule has 1 heteroatoms. The van der Waals surface area contributed by atoms with E-state index in [9.17, 15) is 0 Å². The maximum absolute atomic E-state index is 2.72. The number of rotatable bonds is 11. The van der Waals surface area contributed by atoms with Gasteiger partial charge in [-0.05, 0) is 44.2 Å². The van der Waals surface area contributed by atoms with Crippen LogP contribution in [0.3, 0.4) is 0 Å². The smallest absolute Gasteiger partial charge is 0.00353 e. The highest BCUT2D eigenvalue weighted by Gasteiger charge is 2.27. The fourth-order valence-corrected chi connectivity index (χ4v) is 3.52. The number of hydrogen-bond donors (Lipinski definition) is 0. The number of hydrogen-bond acceptors (Lipinski definition) is 1. The Morgan fingerprint density at radius 2 is 1.37 bits per heavy atom. The molecule has 19 heavy (non-hydrogen) atoms. The van der Waals surface area contributed by atoms with E-state index < -0.39 is 0 Å². The molecular weight excluding hydrogens is 230 g/mol. The molecule has 0 spiro atoms. The van der Waals surface area contributed by atoms with Crippen molar-refractivity contribution in [3.63, 3.8) is 0 Å². The van der Waals surface area contributed by atoms with Gasteiger partial charge in [0.1, 0.15) is 0 Å². The summed E-state index contributed by atoms with van der Waals surface area (Å²) in [5.41, 5.74) is 0.590. The maximum Gasteiger partial charge on any atom is 0.00353 e. The first-order valence-electron chi connectivity index (χ1n) is 8.92. The van der Waals surface area contributed by atoms with Gasteiger partial charge in [0.15, 0.2) is 0 Å². The molecular formula is C18H37N. The van der Waals surface area contributed by atoms with Crippen molar-refractivity contribution >= 4 is 0 Å². The van der Waals surface area contributed by atoms with Gasteiger partial charge in [-0.1, -0.05) is 65.7 Å². The van der Waals surface area contributed by atoms with Crippen molar-refractivity contribution in [2.24, 2.45) is 5.41 Å². The minimum Gasteiger partial charge on any atom is -0.303 e. The van der Waals surface area contributed by atoms with Crippen molar-refractivity contribution in [3.05, 3.63) is 0 Å². The van der Waals surface area contributed by atoms with E-state index in [-0.39, 0.29) is 0 Å². The third kappa shape index (κ3) is 7.34. The Kier molecular flexibility index (Phi) is 8.77. The lowest BCUT2D eigenvalue weighted by atomic mass is 9.79. The van der Waals surface area contributed by atoms with Crippen LogP contribution < -0.4 is 0 Å². The zero-order chi connectivity index (χ0) is 14.0. The molecule has 0 aliphatic carbocycles. The molecule has 1 fully saturated rings. The largest absolute Gasteiger partial charge is 0.303 e. The van der Waals surface area contributed by atoms with E-state index in [1.165, 1.54) is 90.3 Å². The Morgan fingerprint density at radius 1 is 0.789 bits per heavy atom. The highest BCUT2D eigenvalue weighted by atomic mass is 15.1. The van der Waals surface area contributed by atoms with Gasteiger partial charge in [0.05, 0.1) is 0 Å². The van der Waals surface area contributed by atoms with Gasteiger partial charge in [0, 0.05) is 6.54 Å². The summed E-state index contributed by atoms with van der Waals surface area (Å²) >= 11 is 0. The minimum atomic E-state index is 0.590. The molecule has 1 aliphatic heterocycles. The lowest BCUT2D eigenvalue weighted by molar-refractivity contribution is 0.158. The van der Waals surface area contributed by atoms with Gasteiger partial charge in [-0.2, -0.15) is 0 Å². The first kappa shape index (κ1) is 17.0. The molecule has 0 N–H and O–H groups in total. The van der Waals surface area contributed by atoms with Gasteiger partial charge < -0.3 is 4.90 Å². The molecule has 0 amide bonds. The van der Waals surface area contributed by atoms with Gasteiger partial charge in [0.25, 0.3) is 0 Å². The molecule has 1 nitrogen and oxygen atoms in total. The van der Waals surface area contributed by atoms with Crippen LogP contribution in [0.4, 0.5) is 0 Å². The lowest BCUT2D eigenvalue weighted by Gasteiger charge is -2.34. The third-order valence-corrected chi connectivity index (χ3v) is 4.82. The number of likely N-dealkylation sites (tertiary alicyclic amines) is 1. The molecule has 0 radical (unpaired) electrons. The predicted molar refractivity (Wildman–Crippen MR) is 86.7 cm³/mol. The molecule has 1 atom stereocenters. The summed E-state index contributed by atoms with van der Waals surface area (Å²) in [5, 5.41) is 0. The van der Waals surface area contributed by atoms with E-state index in [0.717, 1.165) is 0 Å². The molecule has 0 aromatic heterocycles. The van der Waals surface area contributed by atoms with Crippen LogP contribution in [0.2, 0.25) is 0 Å². The fourth-order valence-electron chi connectivity index (χ4n) is 3.52. The monoisotopic (exact) mass is 267 g/mol. The molecule has 0 aromatic carbocycles. The Bertz CT molecular complexity index is 208. The Labute approximate surface area is 122 Å². The average Bonchev–Trinajstić information content (AvgIpc) is 2.89. The molecule has 1 saturated heterocycles. The zero-order valence-electron chi connectivity index (χ0n) is 13.8. The van der Waals surface area contributed by atoms with Crippen molar-refractivity contribution in [2.75, 3.05) is 19.6 Å². The summed E-state index contributed by atoms with van der Waals surface area (Å²) in [6, 6.07) is 0. The van der Waals surface area contributed by atoms with Crippen molar-refractivity contribution in [2.45, 2.75) is 91.4 Å². The number of nitrogens with zero attached hydrogens (tertiary/aromatic N) is 1. The van der Waals surface area contributed by atoms with Crippen molar-refractivity contribution in [1.29, 1.82) is 0 Å². The number of unbranched alkanes of at least 4 members (excludes halogenated alkanes) is 5. The van der Waals surface area contributed by atoms with Gasteiger partial charge in [-0.15, -0.1) is 0 Å². The Hall–Kier alpha value is -0.0400. The Morgan fingerprint density at radius 3 is 2.00 bits per heavy atom. The van der Waals surface area contributed by atoms with E-state index in [2.05, 4.69) is 25.7 Å². The van der Waals surface area contributed by atoms with Crippen LogP contribution in [-0.4, -0.2) is 24.5 Å². The summed E-state index contributed by atoms with van der Waals surface area (Å²) in [4.78, 5) is 2.72. The second kappa shape index (κ2) is 9.80. The van der Waals surface area contributed by atoms with Gasteiger partial charge >= 0.3 is 0 Å². The van der Waals surface area contributed by atoms with Gasteiger partial charge in [0.2, 0.25) is 0 Å². The van der Waals surface area contributed by atoms with Crippen LogP contribution >= 0.6 is 0 Å². The van der Waals surface area contributed by atoms with E-state index in [1.807, 2.05) is 0 Å². The van der Waals surface area contributed by atoms with E-state index in [4.69, 9.17) is 0 Å². The van der Waals surface area contributed by atoms with Crippen LogP contribution in [0.25, 0.3) is 0 Å². The van der Waals surface area contributed by atoms with Crippen LogP contribution in [0.5, 0.6) is 0 Å². The molecule has 1 aliphatic rings. The molecule has 1 heterocycles. The van der Waals surface area contributed by atoms with Gasteiger partial charge in [-0.25, -0.2) is 0 Å². The average molecular weight is 268 g/mol. The SMILES string of the molecule is CCCCCCCC(C)(CCCC)CN1CCCC1. The fraction of sp³-hybridized carbons (Fsp3) is 1.00. The van der Waals surface area contributed by atoms with E-state index in [1.54, 1.807) is 0 Å². The standard InChI is InChI=1S/C18H37N/c1-4-6-8-9-10-14-18(3,13-7-5-2)17-19-15-11-12-16-19/h4-17H2,1-3H3. The van der Waals surface area contributed by atoms with Crippen molar-refractivity contribution in [3.8, 4) is 0 Å². The summed E-state index contributed by atoms with van der Waals surface area (Å²) in [7, 11) is 0. The van der Waals surface area contributed by atoms with Crippen molar-refractivity contribution < 1.29 is 0 Å². The summed E-state index contributed by atoms with van der Waals surface area (Å²) in [6.45, 7) is 11.3. The zero-order valence-corrected chi connectivity index (χ0v) is 13.8. The second-order valence-electron chi connectivity index (χ2n) is 7.06. The summed E-state index contributed by atoms with van der Waals surface area (Å²) in [5.74, 6) is 0. The van der Waals surface area contributed by atoms with E-state index in [0.29, 0.717) is 5.41 Å². The topological polar surface area (TPSA) is 3.24 Å². The molecule has 0 aromatic rings. The summed E-state index contributed by atoms with van der Waals surface area (Å²) < 4.78 is 0. The molecule has 1 unspecified atom stereocenters. The van der Waals surface area contributed by atoms with Crippen LogP contribution in [0.15, 0.2) is 0 Å². The molecule has 0 bridgehead atoms. The van der Waals surface area contributed by atoms with Crippen LogP contribution in [0, 0.1) is 5.41 Å². The first-order chi connectivity index (χ1) is 9.20. The maximum atomic E-state index is 2.72. The van der Waals surface area contributed by atoms with E-state index >= 15 is 0 Å². The van der Waals surface area contributed by atoms with Crippen molar-refractivity contribution in [1.82, 2.24) is 4.90 Å². The third-order valence-electron chi connectivity index (χ3n) is 4.82. The Balaban J connectivity index is 2.30. The first-order valence-corrected chi connectivity index (χ1v) is 8.92. The summed E-state index contributed by atoms with van der Waals surface area (Å²) in [6.07, 6.45) is 15.7. The van der Waals surface area contributed by atoms with Gasteiger partial charge in [-0.3, -0.25) is 0 Å². The van der Waals surface area contributed by atoms with Crippen LogP contribution in [-0.2, 0) is 0 Å². The normalized spacial score (nSPS) is 19.7. The van der Waals surface area contributed by atoms with Crippen LogP contribution in [0.1, 0.15) is 91.4 Å². The minimum absolute atomic E-state index is 0.590. The lowest BCUT2D eigenvalue weighted by Crippen LogP contribution is -2.34. The highest BCUT2D eigenvalue weighted by molar-refractivity contribution is 4.80. The highest BCUT2D eigenvalue weighted by Crippen LogP contribution is 2.33. The quantitative estimate of drug-likeness (QED) is 0.438. The molecule has 0 saturated carbocycles.